The van der Waals surface area contributed by atoms with Crippen molar-refractivity contribution in [2.45, 2.75) is 25.7 Å². The van der Waals surface area contributed by atoms with Gasteiger partial charge in [-0.2, -0.15) is 0 Å². The van der Waals surface area contributed by atoms with Crippen LogP contribution in [0.2, 0.25) is 0 Å². The van der Waals surface area contributed by atoms with Crippen molar-refractivity contribution in [2.24, 2.45) is 11.8 Å². The maximum atomic E-state index is 3.57. The van der Waals surface area contributed by atoms with Gasteiger partial charge in [0.1, 0.15) is 0 Å². The van der Waals surface area contributed by atoms with Gasteiger partial charge in [0.2, 0.25) is 0 Å². The molecule has 0 saturated heterocycles. The van der Waals surface area contributed by atoms with Crippen LogP contribution in [0.25, 0.3) is 0 Å². The monoisotopic (exact) mass is 186 g/mol. The van der Waals surface area contributed by atoms with E-state index in [9.17, 15) is 0 Å². The molecule has 1 fully saturated rings. The van der Waals surface area contributed by atoms with Gasteiger partial charge in [-0.3, -0.25) is 0 Å². The van der Waals surface area contributed by atoms with Crippen molar-refractivity contribution in [3.8, 4) is 0 Å². The molecule has 0 atom stereocenters. The Bertz CT molecular complexity index is 143. The van der Waals surface area contributed by atoms with Crippen molar-refractivity contribution in [1.82, 2.24) is 0 Å². The van der Waals surface area contributed by atoms with Gasteiger partial charge in [0.15, 0.2) is 0 Å². The molecule has 1 heteroatoms. The molecule has 0 aromatic heterocycles. The zero-order chi connectivity index (χ0) is 6.27. The predicted molar refractivity (Wildman–Crippen MR) is 42.5 cm³/mol. The predicted octanol–water partition coefficient (Wildman–Crippen LogP) is 3.09. The van der Waals surface area contributed by atoms with E-state index in [1.807, 2.05) is 0 Å². The molecule has 0 unspecified atom stereocenters. The summed E-state index contributed by atoms with van der Waals surface area (Å²) >= 11 is 3.57. The Morgan fingerprint density at radius 2 is 2.22 bits per heavy atom. The Hall–Kier alpha value is 0.220. The standard InChI is InChI=1S/C8H11Br/c9-8-2-1-6-3-7(4-6)5-8/h5-7H,1-4H2. The van der Waals surface area contributed by atoms with Crippen LogP contribution in [0.3, 0.4) is 0 Å². The second-order valence-corrected chi connectivity index (χ2v) is 4.27. The summed E-state index contributed by atoms with van der Waals surface area (Å²) in [6.45, 7) is 0. The molecule has 0 aliphatic heterocycles. The van der Waals surface area contributed by atoms with Crippen LogP contribution in [-0.2, 0) is 0 Å². The van der Waals surface area contributed by atoms with E-state index in [0.717, 1.165) is 11.8 Å². The molecule has 0 heterocycles. The Morgan fingerprint density at radius 1 is 1.44 bits per heavy atom. The molecular formula is C8H11Br. The van der Waals surface area contributed by atoms with Crippen LogP contribution in [0.4, 0.5) is 0 Å². The summed E-state index contributed by atoms with van der Waals surface area (Å²) in [6, 6.07) is 0. The normalized spacial score (nSPS) is 40.8. The third kappa shape index (κ3) is 1.07. The van der Waals surface area contributed by atoms with E-state index >= 15 is 0 Å². The topological polar surface area (TPSA) is 0 Å². The molecule has 2 bridgehead atoms. The molecule has 3 aliphatic rings. The number of hydrogen-bond donors (Lipinski definition) is 0. The van der Waals surface area contributed by atoms with E-state index in [2.05, 4.69) is 22.0 Å². The smallest absolute Gasteiger partial charge is 0.00863 e. The number of allylic oxidation sites excluding steroid dienone is 2. The molecule has 1 saturated carbocycles. The average Bonchev–Trinajstić information content (AvgIpc) is 1.93. The zero-order valence-corrected chi connectivity index (χ0v) is 7.02. The van der Waals surface area contributed by atoms with E-state index in [4.69, 9.17) is 0 Å². The van der Waals surface area contributed by atoms with Gasteiger partial charge in [-0.1, -0.05) is 22.0 Å². The number of halogens is 1. The van der Waals surface area contributed by atoms with E-state index in [1.54, 1.807) is 0 Å². The molecule has 0 radical (unpaired) electrons. The summed E-state index contributed by atoms with van der Waals surface area (Å²) in [4.78, 5) is 0. The lowest BCUT2D eigenvalue weighted by atomic mass is 9.75. The Kier molecular flexibility index (Phi) is 1.40. The molecule has 3 aliphatic carbocycles. The Morgan fingerprint density at radius 3 is 3.00 bits per heavy atom. The van der Waals surface area contributed by atoms with E-state index in [1.165, 1.54) is 30.2 Å². The van der Waals surface area contributed by atoms with Gasteiger partial charge in [0.05, 0.1) is 0 Å². The first-order valence-corrected chi connectivity index (χ1v) is 4.50. The summed E-state index contributed by atoms with van der Waals surface area (Å²) in [5, 5.41) is 0. The highest BCUT2D eigenvalue weighted by atomic mass is 79.9. The fourth-order valence-electron chi connectivity index (χ4n) is 1.84. The summed E-state index contributed by atoms with van der Waals surface area (Å²) in [5.41, 5.74) is 0. The summed E-state index contributed by atoms with van der Waals surface area (Å²) < 4.78 is 1.45. The van der Waals surface area contributed by atoms with Crippen LogP contribution in [0, 0.1) is 11.8 Å². The maximum Gasteiger partial charge on any atom is -0.00863 e. The van der Waals surface area contributed by atoms with Crippen LogP contribution in [-0.4, -0.2) is 0 Å². The molecule has 9 heavy (non-hydrogen) atoms. The van der Waals surface area contributed by atoms with Gasteiger partial charge in [-0.15, -0.1) is 0 Å². The second-order valence-electron chi connectivity index (χ2n) is 3.25. The highest BCUT2D eigenvalue weighted by Crippen LogP contribution is 2.43. The lowest BCUT2D eigenvalue weighted by Crippen LogP contribution is -2.19. The molecule has 0 aromatic carbocycles. The minimum absolute atomic E-state index is 0.937. The van der Waals surface area contributed by atoms with Gasteiger partial charge in [-0.05, 0) is 42.0 Å². The molecular weight excluding hydrogens is 176 g/mol. The summed E-state index contributed by atoms with van der Waals surface area (Å²) in [5.74, 6) is 2.01. The minimum Gasteiger partial charge on any atom is -0.0712 e. The second kappa shape index (κ2) is 2.12. The largest absolute Gasteiger partial charge is 0.0712 e. The quantitative estimate of drug-likeness (QED) is 0.546. The third-order valence-electron chi connectivity index (χ3n) is 2.48. The summed E-state index contributed by atoms with van der Waals surface area (Å²) in [7, 11) is 0. The lowest BCUT2D eigenvalue weighted by Gasteiger charge is -2.30. The van der Waals surface area contributed by atoms with Crippen LogP contribution in [0.1, 0.15) is 25.7 Å². The first-order valence-electron chi connectivity index (χ1n) is 3.71. The van der Waals surface area contributed by atoms with Crippen LogP contribution >= 0.6 is 15.9 Å². The molecule has 0 aromatic rings. The van der Waals surface area contributed by atoms with Gasteiger partial charge in [0, 0.05) is 0 Å². The van der Waals surface area contributed by atoms with Crippen molar-refractivity contribution in [2.75, 3.05) is 0 Å². The maximum absolute atomic E-state index is 3.57. The van der Waals surface area contributed by atoms with E-state index in [-0.39, 0.29) is 0 Å². The van der Waals surface area contributed by atoms with Gasteiger partial charge in [0.25, 0.3) is 0 Å². The first kappa shape index (κ1) is 5.96. The van der Waals surface area contributed by atoms with Crippen molar-refractivity contribution in [3.63, 3.8) is 0 Å². The molecule has 0 nitrogen and oxygen atoms in total. The molecule has 50 valence electrons. The van der Waals surface area contributed by atoms with Crippen molar-refractivity contribution >= 4 is 15.9 Å². The average molecular weight is 187 g/mol. The third-order valence-corrected chi connectivity index (χ3v) is 3.14. The Balaban J connectivity index is 2.11. The van der Waals surface area contributed by atoms with Crippen molar-refractivity contribution < 1.29 is 0 Å². The fraction of sp³-hybridized carbons (Fsp3) is 0.750. The molecule has 0 N–H and O–H groups in total. The number of hydrogen-bond acceptors (Lipinski definition) is 0. The van der Waals surface area contributed by atoms with E-state index < -0.39 is 0 Å². The minimum atomic E-state index is 0.937. The highest BCUT2D eigenvalue weighted by molar-refractivity contribution is 9.11. The molecule has 0 amide bonds. The van der Waals surface area contributed by atoms with Crippen molar-refractivity contribution in [1.29, 1.82) is 0 Å². The molecule has 0 spiro atoms. The van der Waals surface area contributed by atoms with Crippen LogP contribution < -0.4 is 0 Å². The fourth-order valence-corrected chi connectivity index (χ4v) is 2.44. The number of rotatable bonds is 0. The van der Waals surface area contributed by atoms with Gasteiger partial charge >= 0.3 is 0 Å². The highest BCUT2D eigenvalue weighted by Gasteiger charge is 2.29. The first-order chi connectivity index (χ1) is 4.34. The number of fused-ring (bicyclic) bond motifs is 2. The van der Waals surface area contributed by atoms with Crippen molar-refractivity contribution in [3.05, 3.63) is 10.6 Å². The van der Waals surface area contributed by atoms with Gasteiger partial charge in [-0.25, -0.2) is 0 Å². The van der Waals surface area contributed by atoms with Crippen LogP contribution in [0.15, 0.2) is 10.6 Å². The van der Waals surface area contributed by atoms with Gasteiger partial charge < -0.3 is 0 Å². The molecule has 3 rings (SSSR count). The van der Waals surface area contributed by atoms with E-state index in [0.29, 0.717) is 0 Å². The zero-order valence-electron chi connectivity index (χ0n) is 5.44. The van der Waals surface area contributed by atoms with Crippen LogP contribution in [0.5, 0.6) is 0 Å². The lowest BCUT2D eigenvalue weighted by molar-refractivity contribution is 0.236. The summed E-state index contributed by atoms with van der Waals surface area (Å²) in [6.07, 6.45) is 8.06. The Labute approximate surface area is 64.5 Å². The SMILES string of the molecule is BrC1=CC2CC(CC1)C2.